The Labute approximate surface area is 191 Å². The fourth-order valence-electron chi connectivity index (χ4n) is 3.18. The Balaban J connectivity index is 0.000000806. The van der Waals surface area contributed by atoms with Crippen LogP contribution in [0.15, 0.2) is 99.3 Å². The molecule has 0 radical (unpaired) electrons. The van der Waals surface area contributed by atoms with Crippen molar-refractivity contribution in [2.75, 3.05) is 0 Å². The van der Waals surface area contributed by atoms with Gasteiger partial charge in [0, 0.05) is 0 Å². The molecule has 0 bridgehead atoms. The molecule has 0 unspecified atom stereocenters. The first-order valence-corrected chi connectivity index (χ1v) is 12.3. The van der Waals surface area contributed by atoms with E-state index >= 15 is 0 Å². The molecule has 0 spiro atoms. The third kappa shape index (κ3) is 5.62. The average molecular weight is 480 g/mol. The van der Waals surface area contributed by atoms with Gasteiger partial charge in [0.05, 0.1) is 22.1 Å². The number of halogens is 2. The second kappa shape index (κ2) is 11.1. The van der Waals surface area contributed by atoms with E-state index in [2.05, 4.69) is 12.1 Å². The van der Waals surface area contributed by atoms with Crippen LogP contribution < -0.4 is 0 Å². The van der Waals surface area contributed by atoms with Crippen LogP contribution >= 0.6 is 20.2 Å². The standard InChI is InChI=1S/C24H20N2O.2ClH.Fe/c1-17(25-19-11-5-3-6-12-19)23-21-15-9-10-16-22(21)24(27-23)18(2)26-20-13-7-4-8-14-20;;;/h3-16H,1-2H3;2*1H;/q;;;+2/p-1. The number of furan rings is 1. The van der Waals surface area contributed by atoms with Crippen molar-refractivity contribution in [3.8, 4) is 0 Å². The quantitative estimate of drug-likeness (QED) is 0.161. The summed E-state index contributed by atoms with van der Waals surface area (Å²) < 4.78 is 4.92. The molecule has 3 aromatic carbocycles. The van der Waals surface area contributed by atoms with Crippen molar-refractivity contribution in [3.63, 3.8) is 0 Å². The molecule has 0 aliphatic carbocycles. The number of fused-ring (bicyclic) bond motifs is 1. The van der Waals surface area contributed by atoms with Crippen LogP contribution in [-0.4, -0.2) is 11.4 Å². The van der Waals surface area contributed by atoms with Gasteiger partial charge in [-0.25, -0.2) is 9.98 Å². The van der Waals surface area contributed by atoms with Gasteiger partial charge in [-0.05, 0) is 50.2 Å². The minimum absolute atomic E-state index is 0.194. The summed E-state index contributed by atoms with van der Waals surface area (Å²) in [5.41, 5.74) is 3.66. The van der Waals surface area contributed by atoms with Crippen molar-refractivity contribution in [1.29, 1.82) is 0 Å². The molecule has 0 fully saturated rings. The number of hydrogen-bond donors (Lipinski definition) is 0. The Kier molecular flexibility index (Phi) is 8.29. The molecule has 154 valence electrons. The van der Waals surface area contributed by atoms with E-state index < -0.39 is 0 Å². The monoisotopic (exact) mass is 479 g/mol. The molecule has 0 amide bonds. The molecule has 0 saturated heterocycles. The predicted molar refractivity (Wildman–Crippen MR) is 126 cm³/mol. The van der Waals surface area contributed by atoms with Gasteiger partial charge in [-0.2, -0.15) is 0 Å². The molecule has 0 saturated carbocycles. The van der Waals surface area contributed by atoms with Crippen LogP contribution in [0, 0.1) is 0 Å². The average Bonchev–Trinajstić information content (AvgIpc) is 3.16. The van der Waals surface area contributed by atoms with Gasteiger partial charge in [-0.1, -0.05) is 48.5 Å². The summed E-state index contributed by atoms with van der Waals surface area (Å²) in [6.45, 7) is 4.02. The number of nitrogens with zero attached hydrogens (tertiary/aromatic N) is 2. The normalized spacial score (nSPS) is 12.0. The molecular formula is C24H21Cl2FeN2O+. The molecule has 1 heterocycles. The number of rotatable bonds is 4. The topological polar surface area (TPSA) is 37.5 Å². The Bertz CT molecular complexity index is 1070. The SMILES string of the molecule is CC(=Nc1ccccc1)c1[oH+]c(C(C)=Nc2ccccc2)c2ccccc12.[Cl][Fe][Cl]. The first-order chi connectivity index (χ1) is 14.6. The maximum absolute atomic E-state index is 4.92. The van der Waals surface area contributed by atoms with Gasteiger partial charge in [0.25, 0.3) is 11.5 Å². The Hall–Kier alpha value is -2.36. The first kappa shape index (κ1) is 22.3. The van der Waals surface area contributed by atoms with Gasteiger partial charge in [-0.15, -0.1) is 0 Å². The zero-order valence-electron chi connectivity index (χ0n) is 16.5. The minimum atomic E-state index is 0.194. The molecule has 30 heavy (non-hydrogen) atoms. The van der Waals surface area contributed by atoms with Gasteiger partial charge in [0.1, 0.15) is 11.4 Å². The predicted octanol–water partition coefficient (Wildman–Crippen LogP) is 8.20. The van der Waals surface area contributed by atoms with E-state index in [-0.39, 0.29) is 13.1 Å². The van der Waals surface area contributed by atoms with Crippen LogP contribution in [-0.2, 0) is 13.1 Å². The van der Waals surface area contributed by atoms with E-state index in [9.17, 15) is 0 Å². The van der Waals surface area contributed by atoms with Crippen LogP contribution in [0.5, 0.6) is 0 Å². The van der Waals surface area contributed by atoms with Crippen molar-refractivity contribution in [2.24, 2.45) is 9.98 Å². The van der Waals surface area contributed by atoms with E-state index in [1.54, 1.807) is 0 Å². The molecule has 1 N–H and O–H groups in total. The maximum atomic E-state index is 4.92. The summed E-state index contributed by atoms with van der Waals surface area (Å²) in [6, 6.07) is 28.2. The Morgan fingerprint density at radius 3 is 1.33 bits per heavy atom. The molecule has 0 aliphatic heterocycles. The fourth-order valence-corrected chi connectivity index (χ4v) is 3.18. The third-order valence-electron chi connectivity index (χ3n) is 4.45. The molecule has 4 rings (SSSR count). The number of benzene rings is 3. The molecular weight excluding hydrogens is 459 g/mol. The van der Waals surface area contributed by atoms with E-state index in [4.69, 9.17) is 34.6 Å². The zero-order valence-corrected chi connectivity index (χ0v) is 19.2. The first-order valence-electron chi connectivity index (χ1n) is 9.26. The summed E-state index contributed by atoms with van der Waals surface area (Å²) in [7, 11) is 9.53. The summed E-state index contributed by atoms with van der Waals surface area (Å²) in [5, 5.41) is 2.21. The third-order valence-corrected chi connectivity index (χ3v) is 4.45. The number of para-hydroxylation sites is 2. The van der Waals surface area contributed by atoms with Crippen LogP contribution in [0.1, 0.15) is 25.4 Å². The van der Waals surface area contributed by atoms with Crippen LogP contribution in [0.25, 0.3) is 10.8 Å². The molecule has 0 atom stereocenters. The van der Waals surface area contributed by atoms with Crippen molar-refractivity contribution in [3.05, 3.63) is 96.4 Å². The van der Waals surface area contributed by atoms with Crippen molar-refractivity contribution in [2.45, 2.75) is 13.8 Å². The summed E-state index contributed by atoms with van der Waals surface area (Å²) in [5.74, 6) is 1.82. The van der Waals surface area contributed by atoms with Crippen molar-refractivity contribution < 1.29 is 17.6 Å². The van der Waals surface area contributed by atoms with Gasteiger partial charge >= 0.3 is 33.3 Å². The van der Waals surface area contributed by atoms with Crippen molar-refractivity contribution >= 4 is 53.8 Å². The van der Waals surface area contributed by atoms with Gasteiger partial charge in [0.15, 0.2) is 0 Å². The molecule has 1 aromatic heterocycles. The Morgan fingerprint density at radius 1 is 0.633 bits per heavy atom. The summed E-state index contributed by atoms with van der Waals surface area (Å²) >= 11 is 0.194. The van der Waals surface area contributed by atoms with E-state index in [1.807, 2.05) is 86.6 Å². The molecule has 6 heteroatoms. The summed E-state index contributed by atoms with van der Waals surface area (Å²) in [4.78, 5) is 9.50. The van der Waals surface area contributed by atoms with Crippen LogP contribution in [0.4, 0.5) is 11.4 Å². The summed E-state index contributed by atoms with van der Waals surface area (Å²) in [6.07, 6.45) is 0. The number of hydrogen-bond acceptors (Lipinski definition) is 2. The van der Waals surface area contributed by atoms with E-state index in [0.717, 1.165) is 45.1 Å². The number of aliphatic imine (C=N–C) groups is 2. The fraction of sp³-hybridized carbons (Fsp3) is 0.0833. The van der Waals surface area contributed by atoms with E-state index in [0.29, 0.717) is 0 Å². The van der Waals surface area contributed by atoms with E-state index in [1.165, 1.54) is 0 Å². The van der Waals surface area contributed by atoms with Gasteiger partial charge < -0.3 is 4.42 Å². The van der Waals surface area contributed by atoms with Crippen LogP contribution in [0.3, 0.4) is 0 Å². The van der Waals surface area contributed by atoms with Gasteiger partial charge in [0.2, 0.25) is 0 Å². The Morgan fingerprint density at radius 2 is 0.967 bits per heavy atom. The second-order valence-corrected chi connectivity index (χ2v) is 8.29. The van der Waals surface area contributed by atoms with Crippen molar-refractivity contribution in [1.82, 2.24) is 0 Å². The molecule has 0 aliphatic rings. The molecule has 3 nitrogen and oxygen atoms in total. The van der Waals surface area contributed by atoms with Gasteiger partial charge in [-0.3, -0.25) is 0 Å². The second-order valence-electron chi connectivity index (χ2n) is 6.47. The molecule has 4 aromatic rings. The zero-order chi connectivity index (χ0) is 21.3. The van der Waals surface area contributed by atoms with Crippen LogP contribution in [0.2, 0.25) is 0 Å².